The predicted molar refractivity (Wildman–Crippen MR) is 110 cm³/mol. The maximum absolute atomic E-state index is 12.6. The number of nitrogens with one attached hydrogen (secondary N) is 4. The van der Waals surface area contributed by atoms with Crippen molar-refractivity contribution in [3.8, 4) is 0 Å². The van der Waals surface area contributed by atoms with Crippen LogP contribution in [-0.4, -0.2) is 36.5 Å². The summed E-state index contributed by atoms with van der Waals surface area (Å²) in [5, 5.41) is 11.3. The predicted octanol–water partition coefficient (Wildman–Crippen LogP) is 2.64. The summed E-state index contributed by atoms with van der Waals surface area (Å²) in [5.41, 5.74) is 1.03. The Bertz CT molecular complexity index is 787. The lowest BCUT2D eigenvalue weighted by Crippen LogP contribution is -2.62. The monoisotopic (exact) mass is 398 g/mol. The molecule has 1 aromatic carbocycles. The number of rotatable bonds is 5. The second kappa shape index (κ2) is 7.69. The first-order valence-electron chi connectivity index (χ1n) is 10.6. The van der Waals surface area contributed by atoms with Gasteiger partial charge in [0.1, 0.15) is 6.04 Å². The zero-order valence-electron chi connectivity index (χ0n) is 17.1. The third-order valence-corrected chi connectivity index (χ3v) is 6.78. The van der Waals surface area contributed by atoms with Crippen LogP contribution in [0.1, 0.15) is 55.8 Å². The van der Waals surface area contributed by atoms with Crippen molar-refractivity contribution in [2.45, 2.75) is 57.0 Å². The van der Waals surface area contributed by atoms with E-state index in [-0.39, 0.29) is 11.4 Å². The van der Waals surface area contributed by atoms with Crippen molar-refractivity contribution in [1.82, 2.24) is 16.0 Å². The molecular formula is C22H30N4O3. The van der Waals surface area contributed by atoms with E-state index in [1.54, 1.807) is 38.2 Å². The molecule has 0 spiro atoms. The number of carbonyl (C=O) groups is 3. The molecule has 0 radical (unpaired) electrons. The van der Waals surface area contributed by atoms with Crippen LogP contribution < -0.4 is 21.3 Å². The minimum atomic E-state index is -0.614. The minimum absolute atomic E-state index is 0.127. The van der Waals surface area contributed by atoms with Crippen molar-refractivity contribution in [3.05, 3.63) is 29.8 Å². The summed E-state index contributed by atoms with van der Waals surface area (Å²) in [7, 11) is 1.57. The molecule has 0 heterocycles. The van der Waals surface area contributed by atoms with E-state index in [0.29, 0.717) is 11.3 Å². The van der Waals surface area contributed by atoms with Crippen LogP contribution in [0.5, 0.6) is 0 Å². The molecule has 4 aliphatic rings. The van der Waals surface area contributed by atoms with Gasteiger partial charge in [0.15, 0.2) is 0 Å². The standard InChI is InChI=1S/C22H30N4O3/c1-13(24-18-5-3-4-17(9-18)20(28)23-2)19(27)25-21(29)26-22-10-14-6-15(11-22)8-16(7-14)12-22/h3-5,9,13-16,24H,6-8,10-12H2,1-2H3,(H,23,28)(H2,25,26,27,29). The summed E-state index contributed by atoms with van der Waals surface area (Å²) >= 11 is 0. The van der Waals surface area contributed by atoms with Crippen LogP contribution in [0, 0.1) is 17.8 Å². The zero-order chi connectivity index (χ0) is 20.6. The van der Waals surface area contributed by atoms with E-state index in [1.165, 1.54) is 19.3 Å². The number of urea groups is 1. The Kier molecular flexibility index (Phi) is 5.23. The van der Waals surface area contributed by atoms with Crippen molar-refractivity contribution >= 4 is 23.5 Å². The lowest BCUT2D eigenvalue weighted by atomic mass is 9.53. The van der Waals surface area contributed by atoms with Gasteiger partial charge in [-0.2, -0.15) is 0 Å². The number of hydrogen-bond acceptors (Lipinski definition) is 4. The van der Waals surface area contributed by atoms with E-state index >= 15 is 0 Å². The Labute approximate surface area is 171 Å². The Balaban J connectivity index is 1.32. The van der Waals surface area contributed by atoms with Crippen molar-refractivity contribution in [1.29, 1.82) is 0 Å². The van der Waals surface area contributed by atoms with Crippen LogP contribution in [0.4, 0.5) is 10.5 Å². The fourth-order valence-corrected chi connectivity index (χ4v) is 5.97. The molecular weight excluding hydrogens is 368 g/mol. The molecule has 0 saturated heterocycles. The van der Waals surface area contributed by atoms with E-state index in [0.717, 1.165) is 37.0 Å². The number of benzene rings is 1. The summed E-state index contributed by atoms with van der Waals surface area (Å²) in [4.78, 5) is 36.8. The molecule has 0 aromatic heterocycles. The van der Waals surface area contributed by atoms with Gasteiger partial charge in [0.05, 0.1) is 0 Å². The molecule has 156 valence electrons. The summed E-state index contributed by atoms with van der Waals surface area (Å²) in [6, 6.07) is 5.90. The first kappa shape index (κ1) is 19.7. The van der Waals surface area contributed by atoms with Gasteiger partial charge in [0.25, 0.3) is 5.91 Å². The van der Waals surface area contributed by atoms with Crippen LogP contribution in [0.2, 0.25) is 0 Å². The highest BCUT2D eigenvalue weighted by Crippen LogP contribution is 2.55. The smallest absolute Gasteiger partial charge is 0.321 e. The van der Waals surface area contributed by atoms with Crippen molar-refractivity contribution in [2.75, 3.05) is 12.4 Å². The van der Waals surface area contributed by atoms with Gasteiger partial charge >= 0.3 is 6.03 Å². The quantitative estimate of drug-likeness (QED) is 0.613. The highest BCUT2D eigenvalue weighted by molar-refractivity contribution is 5.98. The lowest BCUT2D eigenvalue weighted by Gasteiger charge is -2.56. The molecule has 4 amide bonds. The number of anilines is 1. The molecule has 4 fully saturated rings. The summed E-state index contributed by atoms with van der Waals surface area (Å²) < 4.78 is 0. The van der Waals surface area contributed by atoms with Gasteiger partial charge in [0, 0.05) is 23.8 Å². The number of amides is 4. The van der Waals surface area contributed by atoms with Gasteiger partial charge in [-0.3, -0.25) is 14.9 Å². The van der Waals surface area contributed by atoms with E-state index in [9.17, 15) is 14.4 Å². The van der Waals surface area contributed by atoms with Crippen molar-refractivity contribution in [2.24, 2.45) is 17.8 Å². The molecule has 4 N–H and O–H groups in total. The van der Waals surface area contributed by atoms with Gasteiger partial charge in [0.2, 0.25) is 5.91 Å². The largest absolute Gasteiger partial charge is 0.374 e. The molecule has 5 rings (SSSR count). The van der Waals surface area contributed by atoms with Crippen molar-refractivity contribution in [3.63, 3.8) is 0 Å². The van der Waals surface area contributed by atoms with E-state index in [1.807, 2.05) is 0 Å². The van der Waals surface area contributed by atoms with Crippen LogP contribution >= 0.6 is 0 Å². The minimum Gasteiger partial charge on any atom is -0.374 e. The second-order valence-electron chi connectivity index (χ2n) is 9.17. The molecule has 7 nitrogen and oxygen atoms in total. The summed E-state index contributed by atoms with van der Waals surface area (Å²) in [6.07, 6.45) is 7.04. The Morgan fingerprint density at radius 1 is 1.03 bits per heavy atom. The average Bonchev–Trinajstić information content (AvgIpc) is 2.65. The highest BCUT2D eigenvalue weighted by Gasteiger charge is 2.51. The molecule has 4 bridgehead atoms. The van der Waals surface area contributed by atoms with Crippen LogP contribution in [0.15, 0.2) is 24.3 Å². The maximum atomic E-state index is 12.6. The van der Waals surface area contributed by atoms with E-state index in [4.69, 9.17) is 0 Å². The zero-order valence-corrected chi connectivity index (χ0v) is 17.1. The van der Waals surface area contributed by atoms with Crippen LogP contribution in [0.25, 0.3) is 0 Å². The Morgan fingerprint density at radius 3 is 2.24 bits per heavy atom. The van der Waals surface area contributed by atoms with Gasteiger partial charge in [-0.15, -0.1) is 0 Å². The fourth-order valence-electron chi connectivity index (χ4n) is 5.97. The third kappa shape index (κ3) is 4.23. The highest BCUT2D eigenvalue weighted by atomic mass is 16.2. The summed E-state index contributed by atoms with van der Waals surface area (Å²) in [6.45, 7) is 1.69. The second-order valence-corrected chi connectivity index (χ2v) is 9.17. The number of carbonyl (C=O) groups excluding carboxylic acids is 3. The molecule has 1 atom stereocenters. The lowest BCUT2D eigenvalue weighted by molar-refractivity contribution is -0.120. The van der Waals surface area contributed by atoms with Gasteiger partial charge in [-0.1, -0.05) is 6.07 Å². The van der Waals surface area contributed by atoms with Gasteiger partial charge in [-0.05, 0) is 81.4 Å². The van der Waals surface area contributed by atoms with Gasteiger partial charge < -0.3 is 16.0 Å². The maximum Gasteiger partial charge on any atom is 0.321 e. The fraction of sp³-hybridized carbons (Fsp3) is 0.591. The van der Waals surface area contributed by atoms with Crippen molar-refractivity contribution < 1.29 is 14.4 Å². The SMILES string of the molecule is CNC(=O)c1cccc(NC(C)C(=O)NC(=O)NC23CC4CC(CC(C4)C2)C3)c1. The Morgan fingerprint density at radius 2 is 1.66 bits per heavy atom. The number of hydrogen-bond donors (Lipinski definition) is 4. The number of imide groups is 1. The third-order valence-electron chi connectivity index (χ3n) is 6.78. The molecule has 1 unspecified atom stereocenters. The topological polar surface area (TPSA) is 99.3 Å². The molecule has 7 heteroatoms. The van der Waals surface area contributed by atoms with Crippen LogP contribution in [0.3, 0.4) is 0 Å². The Hall–Kier alpha value is -2.57. The van der Waals surface area contributed by atoms with Gasteiger partial charge in [-0.25, -0.2) is 4.79 Å². The first-order valence-corrected chi connectivity index (χ1v) is 10.6. The average molecular weight is 399 g/mol. The molecule has 4 aliphatic carbocycles. The molecule has 1 aromatic rings. The normalized spacial score (nSPS) is 30.3. The summed E-state index contributed by atoms with van der Waals surface area (Å²) in [5.74, 6) is 1.60. The first-order chi connectivity index (χ1) is 13.9. The molecule has 4 saturated carbocycles. The molecule has 29 heavy (non-hydrogen) atoms. The van der Waals surface area contributed by atoms with E-state index in [2.05, 4.69) is 21.3 Å². The van der Waals surface area contributed by atoms with E-state index < -0.39 is 18.0 Å². The molecule has 0 aliphatic heterocycles. The van der Waals surface area contributed by atoms with Crippen LogP contribution in [-0.2, 0) is 4.79 Å².